The quantitative estimate of drug-likeness (QED) is 0.574. The van der Waals surface area contributed by atoms with Gasteiger partial charge in [0.1, 0.15) is 0 Å². The van der Waals surface area contributed by atoms with Crippen molar-refractivity contribution in [1.82, 2.24) is 4.90 Å². The molecule has 0 bridgehead atoms. The lowest BCUT2D eigenvalue weighted by molar-refractivity contribution is -0.131. The maximum atomic E-state index is 11.5. The van der Waals surface area contributed by atoms with Crippen LogP contribution in [-0.2, 0) is 4.79 Å². The van der Waals surface area contributed by atoms with Gasteiger partial charge in [0.15, 0.2) is 0 Å². The van der Waals surface area contributed by atoms with E-state index in [-0.39, 0.29) is 17.7 Å². The molecule has 0 aromatic heterocycles. The number of likely N-dealkylation sites (tertiary alicyclic amines) is 1. The average Bonchev–Trinajstić information content (AvgIpc) is 2.84. The van der Waals surface area contributed by atoms with Gasteiger partial charge in [-0.15, -0.1) is 0 Å². The van der Waals surface area contributed by atoms with E-state index in [0.29, 0.717) is 12.6 Å². The van der Waals surface area contributed by atoms with Gasteiger partial charge >= 0.3 is 0 Å². The van der Waals surface area contributed by atoms with Crippen molar-refractivity contribution in [2.45, 2.75) is 25.8 Å². The van der Waals surface area contributed by atoms with Crippen molar-refractivity contribution in [2.75, 3.05) is 6.54 Å². The predicted octanol–water partition coefficient (Wildman–Crippen LogP) is 0.767. The van der Waals surface area contributed by atoms with E-state index in [1.54, 1.807) is 0 Å². The Bertz CT molecular complexity index is 252. The average molecular weight is 164 g/mol. The van der Waals surface area contributed by atoms with E-state index in [4.69, 9.17) is 5.26 Å². The van der Waals surface area contributed by atoms with Crippen LogP contribution in [0.25, 0.3) is 0 Å². The van der Waals surface area contributed by atoms with E-state index in [1.165, 1.54) is 0 Å². The van der Waals surface area contributed by atoms with Crippen molar-refractivity contribution in [1.29, 1.82) is 5.26 Å². The summed E-state index contributed by atoms with van der Waals surface area (Å²) in [7, 11) is 0. The molecule has 1 amide bonds. The van der Waals surface area contributed by atoms with Gasteiger partial charge in [0, 0.05) is 12.6 Å². The van der Waals surface area contributed by atoms with E-state index in [1.807, 2.05) is 11.8 Å². The van der Waals surface area contributed by atoms with E-state index >= 15 is 0 Å². The number of nitrogens with zero attached hydrogens (tertiary/aromatic N) is 2. The third-order valence-corrected chi connectivity index (χ3v) is 2.82. The highest BCUT2D eigenvalue weighted by atomic mass is 16.2. The zero-order chi connectivity index (χ0) is 8.72. The van der Waals surface area contributed by atoms with Gasteiger partial charge in [-0.2, -0.15) is 5.26 Å². The van der Waals surface area contributed by atoms with Crippen molar-refractivity contribution in [3.05, 3.63) is 0 Å². The van der Waals surface area contributed by atoms with Gasteiger partial charge in [0.05, 0.1) is 17.9 Å². The summed E-state index contributed by atoms with van der Waals surface area (Å²) in [5.74, 6) is 0.0396. The maximum absolute atomic E-state index is 11.5. The predicted molar refractivity (Wildman–Crippen MR) is 43.0 cm³/mol. The minimum atomic E-state index is -0.0735. The summed E-state index contributed by atoms with van der Waals surface area (Å²) in [5.41, 5.74) is 0. The fourth-order valence-corrected chi connectivity index (χ4v) is 1.76. The first-order chi connectivity index (χ1) is 5.74. The molecule has 3 nitrogen and oxygen atoms in total. The summed E-state index contributed by atoms with van der Waals surface area (Å²) in [4.78, 5) is 13.4. The molecule has 1 aliphatic carbocycles. The van der Waals surface area contributed by atoms with Crippen LogP contribution in [0.4, 0.5) is 0 Å². The molecule has 0 spiro atoms. The molecule has 1 heterocycles. The van der Waals surface area contributed by atoms with Crippen LogP contribution in [0.2, 0.25) is 0 Å². The largest absolute Gasteiger partial charge is 0.338 e. The molecule has 2 rings (SSSR count). The minimum Gasteiger partial charge on any atom is -0.338 e. The third kappa shape index (κ3) is 0.989. The highest BCUT2D eigenvalue weighted by Gasteiger charge is 2.43. The van der Waals surface area contributed by atoms with Crippen molar-refractivity contribution in [3.8, 4) is 6.07 Å². The second-order valence-corrected chi connectivity index (χ2v) is 3.75. The molecule has 1 saturated heterocycles. The number of carbonyl (C=O) groups excluding carboxylic acids is 1. The zero-order valence-electron chi connectivity index (χ0n) is 7.16. The van der Waals surface area contributed by atoms with Gasteiger partial charge in [-0.05, 0) is 12.8 Å². The number of amides is 1. The molecule has 2 aliphatic rings. The van der Waals surface area contributed by atoms with E-state index < -0.39 is 0 Å². The van der Waals surface area contributed by atoms with Gasteiger partial charge in [-0.25, -0.2) is 0 Å². The van der Waals surface area contributed by atoms with E-state index in [2.05, 4.69) is 6.07 Å². The number of rotatable bonds is 1. The van der Waals surface area contributed by atoms with Crippen molar-refractivity contribution in [3.63, 3.8) is 0 Å². The van der Waals surface area contributed by atoms with E-state index in [9.17, 15) is 4.79 Å². The van der Waals surface area contributed by atoms with Gasteiger partial charge < -0.3 is 4.90 Å². The highest BCUT2D eigenvalue weighted by Crippen LogP contribution is 2.34. The lowest BCUT2D eigenvalue weighted by Gasteiger charge is -2.13. The molecule has 0 radical (unpaired) electrons. The van der Waals surface area contributed by atoms with Crippen LogP contribution in [-0.4, -0.2) is 23.4 Å². The van der Waals surface area contributed by atoms with Crippen LogP contribution in [0.5, 0.6) is 0 Å². The summed E-state index contributed by atoms with van der Waals surface area (Å²) in [5, 5.41) is 8.75. The summed E-state index contributed by atoms with van der Waals surface area (Å²) < 4.78 is 0. The zero-order valence-corrected chi connectivity index (χ0v) is 7.16. The normalized spacial score (nSPS) is 35.3. The molecule has 1 saturated carbocycles. The first kappa shape index (κ1) is 7.60. The van der Waals surface area contributed by atoms with Crippen LogP contribution in [0, 0.1) is 23.2 Å². The van der Waals surface area contributed by atoms with Crippen molar-refractivity contribution < 1.29 is 4.79 Å². The molecule has 1 aliphatic heterocycles. The Morgan fingerprint density at radius 3 is 2.67 bits per heavy atom. The SMILES string of the molecule is CC1C(=O)N(C2CC2)CC1C#N. The van der Waals surface area contributed by atoms with Crippen LogP contribution >= 0.6 is 0 Å². The summed E-state index contributed by atoms with van der Waals surface area (Å²) in [6.45, 7) is 2.53. The van der Waals surface area contributed by atoms with Gasteiger partial charge in [-0.3, -0.25) is 4.79 Å². The second kappa shape index (κ2) is 2.48. The Hall–Kier alpha value is -1.04. The molecule has 2 unspecified atom stereocenters. The van der Waals surface area contributed by atoms with Crippen LogP contribution in [0.1, 0.15) is 19.8 Å². The monoisotopic (exact) mass is 164 g/mol. The van der Waals surface area contributed by atoms with Crippen molar-refractivity contribution in [2.24, 2.45) is 11.8 Å². The molecular formula is C9H12N2O. The molecule has 0 N–H and O–H groups in total. The lowest BCUT2D eigenvalue weighted by Crippen LogP contribution is -2.28. The Morgan fingerprint density at radius 1 is 1.58 bits per heavy atom. The molecule has 2 atom stereocenters. The molecular weight excluding hydrogens is 152 g/mol. The lowest BCUT2D eigenvalue weighted by atomic mass is 10.00. The Morgan fingerprint density at radius 2 is 2.25 bits per heavy atom. The highest BCUT2D eigenvalue weighted by molar-refractivity contribution is 5.82. The first-order valence-electron chi connectivity index (χ1n) is 4.44. The summed E-state index contributed by atoms with van der Waals surface area (Å²) in [6.07, 6.45) is 2.27. The smallest absolute Gasteiger partial charge is 0.227 e. The molecule has 2 fully saturated rings. The molecule has 0 aromatic carbocycles. The number of carbonyl (C=O) groups is 1. The van der Waals surface area contributed by atoms with Gasteiger partial charge in [0.25, 0.3) is 0 Å². The summed E-state index contributed by atoms with van der Waals surface area (Å²) >= 11 is 0. The second-order valence-electron chi connectivity index (χ2n) is 3.75. The number of hydrogen-bond donors (Lipinski definition) is 0. The van der Waals surface area contributed by atoms with Crippen LogP contribution in [0.15, 0.2) is 0 Å². The summed E-state index contributed by atoms with van der Waals surface area (Å²) in [6, 6.07) is 2.66. The molecule has 3 heteroatoms. The standard InChI is InChI=1S/C9H12N2O/c1-6-7(4-10)5-11(9(6)12)8-2-3-8/h6-8H,2-3,5H2,1H3. The minimum absolute atomic E-state index is 0.0712. The third-order valence-electron chi connectivity index (χ3n) is 2.82. The topological polar surface area (TPSA) is 44.1 Å². The Kier molecular flexibility index (Phi) is 1.57. The van der Waals surface area contributed by atoms with Gasteiger partial charge in [-0.1, -0.05) is 6.92 Å². The fourth-order valence-electron chi connectivity index (χ4n) is 1.76. The fraction of sp³-hybridized carbons (Fsp3) is 0.778. The van der Waals surface area contributed by atoms with E-state index in [0.717, 1.165) is 12.8 Å². The first-order valence-corrected chi connectivity index (χ1v) is 4.44. The van der Waals surface area contributed by atoms with Crippen molar-refractivity contribution >= 4 is 5.91 Å². The molecule has 64 valence electrons. The number of hydrogen-bond acceptors (Lipinski definition) is 2. The Labute approximate surface area is 72.0 Å². The molecule has 0 aromatic rings. The molecule has 12 heavy (non-hydrogen) atoms. The maximum Gasteiger partial charge on any atom is 0.227 e. The Balaban J connectivity index is 2.11. The number of nitriles is 1. The van der Waals surface area contributed by atoms with Crippen LogP contribution in [0.3, 0.4) is 0 Å². The van der Waals surface area contributed by atoms with Crippen LogP contribution < -0.4 is 0 Å². The van der Waals surface area contributed by atoms with Gasteiger partial charge in [0.2, 0.25) is 5.91 Å².